The van der Waals surface area contributed by atoms with E-state index in [2.05, 4.69) is 6.58 Å². The first-order chi connectivity index (χ1) is 10.8. The fraction of sp³-hybridized carbons (Fsp3) is 0.647. The zero-order valence-electron chi connectivity index (χ0n) is 13.4. The van der Waals surface area contributed by atoms with Gasteiger partial charge in [0, 0.05) is 24.7 Å². The molecule has 0 aromatic carbocycles. The van der Waals surface area contributed by atoms with Crippen molar-refractivity contribution in [1.82, 2.24) is 0 Å². The fourth-order valence-corrected chi connectivity index (χ4v) is 4.33. The molecule has 3 rings (SSSR count). The highest BCUT2D eigenvalue weighted by molar-refractivity contribution is 5.92. The minimum Gasteiger partial charge on any atom is -0.458 e. The van der Waals surface area contributed by atoms with Crippen LogP contribution in [0.25, 0.3) is 0 Å². The van der Waals surface area contributed by atoms with Crippen LogP contribution in [0, 0.1) is 11.3 Å². The normalized spacial score (nSPS) is 39.7. The lowest BCUT2D eigenvalue weighted by atomic mass is 9.55. The highest BCUT2D eigenvalue weighted by atomic mass is 16.6. The smallest absolute Gasteiger partial charge is 0.337 e. The van der Waals surface area contributed by atoms with Gasteiger partial charge in [-0.25, -0.2) is 4.79 Å². The predicted molar refractivity (Wildman–Crippen MR) is 80.1 cm³/mol. The molecule has 0 amide bonds. The molecule has 2 aliphatic carbocycles. The molecular formula is C17H22O6. The van der Waals surface area contributed by atoms with Gasteiger partial charge in [-0.05, 0) is 24.0 Å². The summed E-state index contributed by atoms with van der Waals surface area (Å²) < 4.78 is 10.8. The van der Waals surface area contributed by atoms with Crippen molar-refractivity contribution < 1.29 is 29.3 Å². The summed E-state index contributed by atoms with van der Waals surface area (Å²) in [5, 5.41) is 20.1. The van der Waals surface area contributed by atoms with Gasteiger partial charge in [0.05, 0.1) is 18.3 Å². The van der Waals surface area contributed by atoms with Gasteiger partial charge in [-0.3, -0.25) is 4.79 Å². The molecule has 5 unspecified atom stereocenters. The summed E-state index contributed by atoms with van der Waals surface area (Å²) in [6.07, 6.45) is -0.238. The minimum absolute atomic E-state index is 0.304. The van der Waals surface area contributed by atoms with Crippen LogP contribution in [0.4, 0.5) is 0 Å². The molecule has 0 radical (unpaired) electrons. The molecule has 2 fully saturated rings. The van der Waals surface area contributed by atoms with E-state index in [4.69, 9.17) is 9.47 Å². The highest BCUT2D eigenvalue weighted by Crippen LogP contribution is 2.56. The molecule has 0 bridgehead atoms. The third-order valence-corrected chi connectivity index (χ3v) is 5.64. The van der Waals surface area contributed by atoms with Crippen molar-refractivity contribution in [3.05, 3.63) is 23.3 Å². The summed E-state index contributed by atoms with van der Waals surface area (Å²) in [5.41, 5.74) is 1.28. The second-order valence-corrected chi connectivity index (χ2v) is 6.90. The van der Waals surface area contributed by atoms with Gasteiger partial charge in [0.2, 0.25) is 0 Å². The average Bonchev–Trinajstić information content (AvgIpc) is 2.79. The molecule has 0 saturated heterocycles. The summed E-state index contributed by atoms with van der Waals surface area (Å²) in [6, 6.07) is 0. The Kier molecular flexibility index (Phi) is 3.84. The van der Waals surface area contributed by atoms with E-state index in [1.807, 2.05) is 6.92 Å². The monoisotopic (exact) mass is 322 g/mol. The third-order valence-electron chi connectivity index (χ3n) is 5.64. The van der Waals surface area contributed by atoms with Crippen molar-refractivity contribution in [2.45, 2.75) is 51.4 Å². The summed E-state index contributed by atoms with van der Waals surface area (Å²) in [7, 11) is 0. The second-order valence-electron chi connectivity index (χ2n) is 6.90. The van der Waals surface area contributed by atoms with E-state index in [1.165, 1.54) is 6.92 Å². The SMILES string of the molecule is C=C1C(OC(C)=O)CC(O)C2(C)CCC3=C(CO)C(=O)OC3C12. The van der Waals surface area contributed by atoms with E-state index in [9.17, 15) is 19.8 Å². The molecule has 0 spiro atoms. The Balaban J connectivity index is 1.99. The van der Waals surface area contributed by atoms with Gasteiger partial charge in [0.1, 0.15) is 12.2 Å². The highest BCUT2D eigenvalue weighted by Gasteiger charge is 2.58. The largest absolute Gasteiger partial charge is 0.458 e. The molecule has 0 aromatic heterocycles. The molecular weight excluding hydrogens is 300 g/mol. The van der Waals surface area contributed by atoms with Crippen molar-refractivity contribution in [3.63, 3.8) is 0 Å². The maximum atomic E-state index is 12.0. The molecule has 6 nitrogen and oxygen atoms in total. The first kappa shape index (κ1) is 16.2. The van der Waals surface area contributed by atoms with Gasteiger partial charge >= 0.3 is 11.9 Å². The van der Waals surface area contributed by atoms with Crippen molar-refractivity contribution in [3.8, 4) is 0 Å². The molecule has 126 valence electrons. The Morgan fingerprint density at radius 3 is 2.83 bits per heavy atom. The van der Waals surface area contributed by atoms with E-state index in [0.29, 0.717) is 30.4 Å². The zero-order chi connectivity index (χ0) is 16.9. The second kappa shape index (κ2) is 5.46. The summed E-state index contributed by atoms with van der Waals surface area (Å²) >= 11 is 0. The summed E-state index contributed by atoms with van der Waals surface area (Å²) in [6.45, 7) is 7.01. The number of hydrogen-bond acceptors (Lipinski definition) is 6. The van der Waals surface area contributed by atoms with Gasteiger partial charge in [-0.2, -0.15) is 0 Å². The molecule has 23 heavy (non-hydrogen) atoms. The van der Waals surface area contributed by atoms with Crippen LogP contribution in [-0.2, 0) is 19.1 Å². The Morgan fingerprint density at radius 2 is 2.22 bits per heavy atom. The van der Waals surface area contributed by atoms with Crippen LogP contribution in [0.3, 0.4) is 0 Å². The van der Waals surface area contributed by atoms with E-state index in [-0.39, 0.29) is 12.5 Å². The molecule has 5 atom stereocenters. The van der Waals surface area contributed by atoms with Crippen LogP contribution in [0.5, 0.6) is 0 Å². The number of hydrogen-bond donors (Lipinski definition) is 2. The number of carbonyl (C=O) groups excluding carboxylic acids is 2. The van der Waals surface area contributed by atoms with Crippen LogP contribution in [-0.4, -0.2) is 47.1 Å². The molecule has 6 heteroatoms. The average molecular weight is 322 g/mol. The Hall–Kier alpha value is -1.66. The van der Waals surface area contributed by atoms with Crippen molar-refractivity contribution in [2.75, 3.05) is 6.61 Å². The fourth-order valence-electron chi connectivity index (χ4n) is 4.33. The van der Waals surface area contributed by atoms with Gasteiger partial charge < -0.3 is 19.7 Å². The van der Waals surface area contributed by atoms with Crippen LogP contribution < -0.4 is 0 Å². The number of ether oxygens (including phenoxy) is 2. The molecule has 1 aliphatic heterocycles. The third kappa shape index (κ3) is 2.32. The molecule has 1 heterocycles. The van der Waals surface area contributed by atoms with Crippen LogP contribution in [0.15, 0.2) is 23.3 Å². The van der Waals surface area contributed by atoms with Gasteiger partial charge in [0.25, 0.3) is 0 Å². The van der Waals surface area contributed by atoms with Crippen LogP contribution in [0.2, 0.25) is 0 Å². The number of fused-ring (bicyclic) bond motifs is 3. The van der Waals surface area contributed by atoms with E-state index in [1.54, 1.807) is 0 Å². The summed E-state index contributed by atoms with van der Waals surface area (Å²) in [5.74, 6) is -1.26. The lowest BCUT2D eigenvalue weighted by Crippen LogP contribution is -2.55. The Labute approximate surface area is 134 Å². The van der Waals surface area contributed by atoms with Crippen LogP contribution in [0.1, 0.15) is 33.1 Å². The van der Waals surface area contributed by atoms with E-state index < -0.39 is 35.7 Å². The lowest BCUT2D eigenvalue weighted by Gasteiger charge is -2.53. The molecule has 3 aliphatic rings. The number of rotatable bonds is 2. The maximum Gasteiger partial charge on any atom is 0.337 e. The quantitative estimate of drug-likeness (QED) is 0.579. The van der Waals surface area contributed by atoms with E-state index in [0.717, 1.165) is 5.57 Å². The predicted octanol–water partition coefficient (Wildman–Crippen LogP) is 0.869. The lowest BCUT2D eigenvalue weighted by molar-refractivity contribution is -0.161. The zero-order valence-corrected chi connectivity index (χ0v) is 13.4. The topological polar surface area (TPSA) is 93.1 Å². The van der Waals surface area contributed by atoms with Crippen molar-refractivity contribution in [1.29, 1.82) is 0 Å². The van der Waals surface area contributed by atoms with Crippen molar-refractivity contribution >= 4 is 11.9 Å². The number of carbonyl (C=O) groups is 2. The van der Waals surface area contributed by atoms with E-state index >= 15 is 0 Å². The number of aliphatic hydroxyl groups excluding tert-OH is 2. The first-order valence-electron chi connectivity index (χ1n) is 7.87. The number of esters is 2. The maximum absolute atomic E-state index is 12.0. The van der Waals surface area contributed by atoms with Crippen LogP contribution >= 0.6 is 0 Å². The standard InChI is InChI=1S/C17H22O6/c1-8-12(22-9(2)19)6-13(20)17(3)5-4-10-11(7-18)16(21)23-15(10)14(8)17/h12-15,18,20H,1,4-7H2,2-3H3. The molecule has 2 saturated carbocycles. The molecule has 2 N–H and O–H groups in total. The minimum atomic E-state index is -0.680. The van der Waals surface area contributed by atoms with Gasteiger partial charge in [-0.15, -0.1) is 0 Å². The van der Waals surface area contributed by atoms with Gasteiger partial charge in [0.15, 0.2) is 0 Å². The Bertz CT molecular complexity index is 606. The molecule has 0 aromatic rings. The Morgan fingerprint density at radius 1 is 1.52 bits per heavy atom. The first-order valence-corrected chi connectivity index (χ1v) is 7.87. The summed E-state index contributed by atoms with van der Waals surface area (Å²) in [4.78, 5) is 23.3. The van der Waals surface area contributed by atoms with Gasteiger partial charge in [-0.1, -0.05) is 13.5 Å². The number of aliphatic hydroxyl groups is 2. The van der Waals surface area contributed by atoms with Crippen molar-refractivity contribution in [2.24, 2.45) is 11.3 Å².